The van der Waals surface area contributed by atoms with Gasteiger partial charge in [0.1, 0.15) is 4.38 Å². The van der Waals surface area contributed by atoms with E-state index in [-0.39, 0.29) is 5.78 Å². The van der Waals surface area contributed by atoms with Gasteiger partial charge in [-0.25, -0.2) is 4.99 Å². The van der Waals surface area contributed by atoms with E-state index in [0.29, 0.717) is 5.75 Å². The Morgan fingerprint density at radius 1 is 1.11 bits per heavy atom. The van der Waals surface area contributed by atoms with E-state index in [1.165, 1.54) is 11.1 Å². The molecule has 0 N–H and O–H groups in total. The lowest BCUT2D eigenvalue weighted by Gasteiger charge is -2.14. The quantitative estimate of drug-likeness (QED) is 0.487. The van der Waals surface area contributed by atoms with Crippen LogP contribution < -0.4 is 0 Å². The predicted octanol–water partition coefficient (Wildman–Crippen LogP) is 6.00. The van der Waals surface area contributed by atoms with Crippen LogP contribution in [0.1, 0.15) is 32.9 Å². The molecule has 4 rings (SSSR count). The van der Waals surface area contributed by atoms with Gasteiger partial charge in [-0.15, -0.1) is 0 Å². The molecule has 0 unspecified atom stereocenters. The number of aromatic nitrogens is 1. The van der Waals surface area contributed by atoms with E-state index in [9.17, 15) is 4.79 Å². The molecule has 0 radical (unpaired) electrons. The zero-order chi connectivity index (χ0) is 19.5. The zero-order valence-electron chi connectivity index (χ0n) is 16.0. The lowest BCUT2D eigenvalue weighted by molar-refractivity contribution is 0.102. The van der Waals surface area contributed by atoms with Gasteiger partial charge in [-0.2, -0.15) is 0 Å². The molecule has 0 aliphatic carbocycles. The van der Waals surface area contributed by atoms with Crippen LogP contribution in [0.5, 0.6) is 0 Å². The van der Waals surface area contributed by atoms with Crippen molar-refractivity contribution in [3.63, 3.8) is 0 Å². The third kappa shape index (κ3) is 4.10. The molecule has 0 fully saturated rings. The van der Waals surface area contributed by atoms with E-state index in [1.54, 1.807) is 23.5 Å². The molecular formula is C23H22N2OS2. The van der Waals surface area contributed by atoms with Crippen LogP contribution in [-0.4, -0.2) is 20.5 Å². The van der Waals surface area contributed by atoms with E-state index >= 15 is 0 Å². The Kier molecular flexibility index (Phi) is 5.74. The molecule has 0 saturated carbocycles. The highest BCUT2D eigenvalue weighted by atomic mass is 32.2. The number of aryl methyl sites for hydroxylation is 1. The number of para-hydroxylation sites is 1. The second-order valence-corrected chi connectivity index (χ2v) is 9.05. The second kappa shape index (κ2) is 8.41. The molecule has 1 aromatic heterocycles. The number of carbonyl (C=O) groups is 1. The number of Topliss-reactive ketones (excluding diaryl/α,β-unsaturated/α-hetero) is 1. The summed E-state index contributed by atoms with van der Waals surface area (Å²) in [5, 5.41) is 0. The van der Waals surface area contributed by atoms with Crippen LogP contribution in [-0.2, 0) is 12.3 Å². The topological polar surface area (TPSA) is 34.4 Å². The Bertz CT molecular complexity index is 1040. The highest BCUT2D eigenvalue weighted by Gasteiger charge is 2.18. The van der Waals surface area contributed by atoms with E-state index in [1.807, 2.05) is 49.4 Å². The van der Waals surface area contributed by atoms with Crippen LogP contribution in [0.3, 0.4) is 0 Å². The summed E-state index contributed by atoms with van der Waals surface area (Å²) in [5.41, 5.74) is 6.50. The van der Waals surface area contributed by atoms with Crippen molar-refractivity contribution in [2.75, 3.05) is 5.75 Å². The van der Waals surface area contributed by atoms with Crippen LogP contribution in [0.25, 0.3) is 0 Å². The molecule has 0 amide bonds. The van der Waals surface area contributed by atoms with Gasteiger partial charge in [0.05, 0.1) is 11.4 Å². The number of aliphatic imine (C=N–C) groups is 1. The Hall–Kier alpha value is -2.24. The standard InChI is InChI=1S/C23H22N2OS2/c1-16-12-20(17(2)25(16)13-18-8-4-3-5-9-18)22(26)15-28-23-24-21-11-7-6-10-19(21)14-27-23/h3-12H,13-15H2,1-2H3. The number of fused-ring (bicyclic) bond motifs is 1. The molecule has 5 heteroatoms. The summed E-state index contributed by atoms with van der Waals surface area (Å²) in [6, 6.07) is 20.6. The molecule has 1 aliphatic heterocycles. The van der Waals surface area contributed by atoms with Gasteiger partial charge < -0.3 is 4.57 Å². The maximum absolute atomic E-state index is 12.9. The molecule has 0 spiro atoms. The Labute approximate surface area is 174 Å². The van der Waals surface area contributed by atoms with Crippen molar-refractivity contribution in [2.45, 2.75) is 26.1 Å². The minimum Gasteiger partial charge on any atom is -0.344 e. The third-order valence-electron chi connectivity index (χ3n) is 4.94. The van der Waals surface area contributed by atoms with E-state index in [0.717, 1.165) is 39.3 Å². The van der Waals surface area contributed by atoms with Crippen molar-refractivity contribution in [3.05, 3.63) is 88.7 Å². The SMILES string of the molecule is Cc1cc(C(=O)CSC2=Nc3ccccc3CS2)c(C)n1Cc1ccccc1. The Morgan fingerprint density at radius 2 is 1.86 bits per heavy atom. The van der Waals surface area contributed by atoms with Gasteiger partial charge in [-0.1, -0.05) is 72.1 Å². The molecule has 0 atom stereocenters. The van der Waals surface area contributed by atoms with Crippen molar-refractivity contribution in [2.24, 2.45) is 4.99 Å². The van der Waals surface area contributed by atoms with Crippen LogP contribution in [0.2, 0.25) is 0 Å². The number of benzene rings is 2. The average molecular weight is 407 g/mol. The van der Waals surface area contributed by atoms with E-state index in [4.69, 9.17) is 4.99 Å². The van der Waals surface area contributed by atoms with Crippen LogP contribution >= 0.6 is 23.5 Å². The molecule has 0 saturated heterocycles. The van der Waals surface area contributed by atoms with Crippen molar-refractivity contribution in [1.82, 2.24) is 4.57 Å². The van der Waals surface area contributed by atoms with Gasteiger partial charge >= 0.3 is 0 Å². The number of carbonyl (C=O) groups excluding carboxylic acids is 1. The largest absolute Gasteiger partial charge is 0.344 e. The second-order valence-electron chi connectivity index (χ2n) is 6.86. The summed E-state index contributed by atoms with van der Waals surface area (Å²) in [6.07, 6.45) is 0. The van der Waals surface area contributed by atoms with Gasteiger partial charge in [0.15, 0.2) is 5.78 Å². The van der Waals surface area contributed by atoms with Crippen LogP contribution in [0.15, 0.2) is 65.7 Å². The number of rotatable bonds is 5. The van der Waals surface area contributed by atoms with Gasteiger partial charge in [0.25, 0.3) is 0 Å². The molecule has 2 aromatic carbocycles. The molecule has 142 valence electrons. The molecule has 3 nitrogen and oxygen atoms in total. The minimum absolute atomic E-state index is 0.166. The van der Waals surface area contributed by atoms with Crippen LogP contribution in [0, 0.1) is 13.8 Å². The first-order chi connectivity index (χ1) is 13.6. The lowest BCUT2D eigenvalue weighted by Crippen LogP contribution is -2.08. The fourth-order valence-corrected chi connectivity index (χ4v) is 5.33. The average Bonchev–Trinajstić information content (AvgIpc) is 3.01. The molecule has 1 aliphatic rings. The molecular weight excluding hydrogens is 384 g/mol. The number of ketones is 1. The van der Waals surface area contributed by atoms with Crippen molar-refractivity contribution >= 4 is 39.4 Å². The zero-order valence-corrected chi connectivity index (χ0v) is 17.6. The summed E-state index contributed by atoms with van der Waals surface area (Å²) in [7, 11) is 0. The molecule has 3 aromatic rings. The van der Waals surface area contributed by atoms with Crippen molar-refractivity contribution in [3.8, 4) is 0 Å². The van der Waals surface area contributed by atoms with E-state index < -0.39 is 0 Å². The first-order valence-electron chi connectivity index (χ1n) is 9.28. The van der Waals surface area contributed by atoms with Gasteiger partial charge in [0, 0.05) is 29.2 Å². The lowest BCUT2D eigenvalue weighted by atomic mass is 10.2. The highest BCUT2D eigenvalue weighted by molar-refractivity contribution is 8.38. The predicted molar refractivity (Wildman–Crippen MR) is 121 cm³/mol. The van der Waals surface area contributed by atoms with Crippen molar-refractivity contribution < 1.29 is 4.79 Å². The molecule has 2 heterocycles. The summed E-state index contributed by atoms with van der Waals surface area (Å²) < 4.78 is 3.20. The molecule has 28 heavy (non-hydrogen) atoms. The smallest absolute Gasteiger partial charge is 0.174 e. The summed E-state index contributed by atoms with van der Waals surface area (Å²) in [6.45, 7) is 4.90. The number of hydrogen-bond acceptors (Lipinski definition) is 4. The number of thioether (sulfide) groups is 2. The maximum Gasteiger partial charge on any atom is 0.174 e. The fourth-order valence-electron chi connectivity index (χ4n) is 3.38. The van der Waals surface area contributed by atoms with Crippen molar-refractivity contribution in [1.29, 1.82) is 0 Å². The maximum atomic E-state index is 12.9. The summed E-state index contributed by atoms with van der Waals surface area (Å²) >= 11 is 3.26. The molecule has 0 bridgehead atoms. The summed E-state index contributed by atoms with van der Waals surface area (Å²) in [4.78, 5) is 17.6. The fraction of sp³-hybridized carbons (Fsp3) is 0.217. The van der Waals surface area contributed by atoms with Gasteiger partial charge in [0.2, 0.25) is 0 Å². The normalized spacial score (nSPS) is 13.1. The Morgan fingerprint density at radius 3 is 2.68 bits per heavy atom. The van der Waals surface area contributed by atoms with Gasteiger partial charge in [-0.05, 0) is 37.1 Å². The van der Waals surface area contributed by atoms with E-state index in [2.05, 4.69) is 29.7 Å². The van der Waals surface area contributed by atoms with Gasteiger partial charge in [-0.3, -0.25) is 4.79 Å². The first kappa shape index (κ1) is 19.1. The summed E-state index contributed by atoms with van der Waals surface area (Å²) in [5.74, 6) is 1.50. The Balaban J connectivity index is 1.46. The van der Waals surface area contributed by atoms with Crippen LogP contribution in [0.4, 0.5) is 5.69 Å². The number of hydrogen-bond donors (Lipinski definition) is 0. The highest BCUT2D eigenvalue weighted by Crippen LogP contribution is 2.34. The number of nitrogens with zero attached hydrogens (tertiary/aromatic N) is 2. The monoisotopic (exact) mass is 406 g/mol. The first-order valence-corrected chi connectivity index (χ1v) is 11.2. The minimum atomic E-state index is 0.166. The third-order valence-corrected chi connectivity index (χ3v) is 7.18.